The zero-order valence-electron chi connectivity index (χ0n) is 10.1. The number of benzene rings is 1. The van der Waals surface area contributed by atoms with Gasteiger partial charge in [0.05, 0.1) is 11.6 Å². The summed E-state index contributed by atoms with van der Waals surface area (Å²) in [7, 11) is 0. The summed E-state index contributed by atoms with van der Waals surface area (Å²) in [4.78, 5) is 0. The molecule has 0 amide bonds. The van der Waals surface area contributed by atoms with Gasteiger partial charge in [0, 0.05) is 6.04 Å². The lowest BCUT2D eigenvalue weighted by Gasteiger charge is -2.13. The summed E-state index contributed by atoms with van der Waals surface area (Å²) in [5.41, 5.74) is 0.947. The number of rotatable bonds is 4. The monoisotopic (exact) mass is 285 g/mol. The molecule has 0 spiro atoms. The van der Waals surface area contributed by atoms with Crippen molar-refractivity contribution in [2.24, 2.45) is 0 Å². The number of halogens is 2. The molecule has 0 bridgehead atoms. The number of aryl methyl sites for hydroxylation is 1. The van der Waals surface area contributed by atoms with Crippen LogP contribution in [0.5, 0.6) is 0 Å². The van der Waals surface area contributed by atoms with Gasteiger partial charge in [-0.25, -0.2) is 4.39 Å². The Morgan fingerprint density at radius 3 is 2.83 bits per heavy atom. The molecule has 0 aliphatic rings. The van der Waals surface area contributed by atoms with E-state index in [0.717, 1.165) is 15.6 Å². The van der Waals surface area contributed by atoms with Crippen molar-refractivity contribution < 1.29 is 4.39 Å². The maximum atomic E-state index is 13.0. The van der Waals surface area contributed by atoms with E-state index in [1.807, 2.05) is 13.8 Å². The highest BCUT2D eigenvalue weighted by molar-refractivity contribution is 7.11. The zero-order valence-corrected chi connectivity index (χ0v) is 11.6. The topological polar surface area (TPSA) is 37.8 Å². The van der Waals surface area contributed by atoms with E-state index in [2.05, 4.69) is 15.5 Å². The number of nitrogens with zero attached hydrogens (tertiary/aromatic N) is 2. The molecular weight excluding hydrogens is 273 g/mol. The van der Waals surface area contributed by atoms with Crippen LogP contribution in [0.2, 0.25) is 5.02 Å². The normalized spacial score (nSPS) is 12.7. The quantitative estimate of drug-likeness (QED) is 0.934. The molecule has 1 aromatic heterocycles. The van der Waals surface area contributed by atoms with Gasteiger partial charge >= 0.3 is 0 Å². The first kappa shape index (κ1) is 13.4. The van der Waals surface area contributed by atoms with E-state index in [9.17, 15) is 4.39 Å². The van der Waals surface area contributed by atoms with E-state index in [0.29, 0.717) is 6.54 Å². The number of hydrogen-bond donors (Lipinski definition) is 1. The summed E-state index contributed by atoms with van der Waals surface area (Å²) in [5.74, 6) is -0.396. The number of hydrogen-bond acceptors (Lipinski definition) is 4. The van der Waals surface area contributed by atoms with Crippen molar-refractivity contribution in [3.05, 3.63) is 44.6 Å². The van der Waals surface area contributed by atoms with E-state index in [4.69, 9.17) is 11.6 Å². The summed E-state index contributed by atoms with van der Waals surface area (Å²) in [5, 5.41) is 13.3. The summed E-state index contributed by atoms with van der Waals surface area (Å²) in [6, 6.07) is 4.82. The second-order valence-electron chi connectivity index (χ2n) is 3.99. The molecule has 1 atom stereocenters. The van der Waals surface area contributed by atoms with Gasteiger partial charge in [-0.3, -0.25) is 0 Å². The van der Waals surface area contributed by atoms with Crippen LogP contribution >= 0.6 is 22.9 Å². The highest BCUT2D eigenvalue weighted by Crippen LogP contribution is 2.21. The van der Waals surface area contributed by atoms with E-state index in [1.54, 1.807) is 23.5 Å². The molecule has 1 N–H and O–H groups in total. The first-order valence-corrected chi connectivity index (χ1v) is 6.73. The molecule has 96 valence electrons. The third kappa shape index (κ3) is 3.25. The Morgan fingerprint density at radius 1 is 1.44 bits per heavy atom. The van der Waals surface area contributed by atoms with Crippen molar-refractivity contribution in [1.82, 2.24) is 15.5 Å². The van der Waals surface area contributed by atoms with E-state index in [1.165, 1.54) is 6.07 Å². The van der Waals surface area contributed by atoms with Gasteiger partial charge < -0.3 is 5.32 Å². The molecule has 0 aliphatic carbocycles. The molecule has 3 nitrogen and oxygen atoms in total. The van der Waals surface area contributed by atoms with Gasteiger partial charge in [-0.2, -0.15) is 0 Å². The summed E-state index contributed by atoms with van der Waals surface area (Å²) < 4.78 is 13.0. The van der Waals surface area contributed by atoms with Crippen molar-refractivity contribution in [2.45, 2.75) is 26.4 Å². The zero-order chi connectivity index (χ0) is 13.1. The molecule has 0 aliphatic heterocycles. The minimum Gasteiger partial charge on any atom is -0.304 e. The lowest BCUT2D eigenvalue weighted by molar-refractivity contribution is 0.567. The van der Waals surface area contributed by atoms with Crippen LogP contribution in [0, 0.1) is 12.7 Å². The van der Waals surface area contributed by atoms with Gasteiger partial charge in [0.25, 0.3) is 0 Å². The second kappa shape index (κ2) is 5.73. The molecule has 18 heavy (non-hydrogen) atoms. The van der Waals surface area contributed by atoms with Crippen LogP contribution in [0.1, 0.15) is 28.5 Å². The highest BCUT2D eigenvalue weighted by Gasteiger charge is 2.09. The predicted octanol–water partition coefficient (Wildman–Crippen LogP) is 3.49. The summed E-state index contributed by atoms with van der Waals surface area (Å²) >= 11 is 7.32. The van der Waals surface area contributed by atoms with E-state index < -0.39 is 5.82 Å². The summed E-state index contributed by atoms with van der Waals surface area (Å²) in [6.45, 7) is 4.56. The Bertz CT molecular complexity index is 544. The SMILES string of the molecule is Cc1nnc(CNC(C)c2ccc(F)c(Cl)c2)s1. The molecular formula is C12H13ClFN3S. The average molecular weight is 286 g/mol. The lowest BCUT2D eigenvalue weighted by atomic mass is 10.1. The second-order valence-corrected chi connectivity index (χ2v) is 5.66. The minimum atomic E-state index is -0.396. The van der Waals surface area contributed by atoms with Gasteiger partial charge in [-0.1, -0.05) is 17.7 Å². The molecule has 0 saturated heterocycles. The van der Waals surface area contributed by atoms with Crippen LogP contribution in [0.15, 0.2) is 18.2 Å². The predicted molar refractivity (Wildman–Crippen MR) is 71.3 cm³/mol. The largest absolute Gasteiger partial charge is 0.304 e. The fourth-order valence-corrected chi connectivity index (χ4v) is 2.40. The molecule has 2 aromatic rings. The maximum absolute atomic E-state index is 13.0. The van der Waals surface area contributed by atoms with Gasteiger partial charge in [-0.15, -0.1) is 21.5 Å². The Morgan fingerprint density at radius 2 is 2.22 bits per heavy atom. The smallest absolute Gasteiger partial charge is 0.141 e. The molecule has 0 fully saturated rings. The van der Waals surface area contributed by atoms with Gasteiger partial charge in [0.2, 0.25) is 0 Å². The number of aromatic nitrogens is 2. The third-order valence-corrected chi connectivity index (χ3v) is 3.70. The van der Waals surface area contributed by atoms with Crippen molar-refractivity contribution in [1.29, 1.82) is 0 Å². The Kier molecular flexibility index (Phi) is 4.27. The van der Waals surface area contributed by atoms with Crippen LogP contribution in [0.3, 0.4) is 0 Å². The van der Waals surface area contributed by atoms with Crippen LogP contribution in [0.25, 0.3) is 0 Å². The van der Waals surface area contributed by atoms with Crippen LogP contribution < -0.4 is 5.32 Å². The molecule has 0 radical (unpaired) electrons. The van der Waals surface area contributed by atoms with Crippen LogP contribution in [-0.2, 0) is 6.54 Å². The number of nitrogens with one attached hydrogen (secondary N) is 1. The third-order valence-electron chi connectivity index (χ3n) is 2.57. The van der Waals surface area contributed by atoms with E-state index in [-0.39, 0.29) is 11.1 Å². The van der Waals surface area contributed by atoms with Crippen molar-refractivity contribution in [3.8, 4) is 0 Å². The minimum absolute atomic E-state index is 0.0762. The van der Waals surface area contributed by atoms with E-state index >= 15 is 0 Å². The van der Waals surface area contributed by atoms with Gasteiger partial charge in [-0.05, 0) is 31.5 Å². The Labute approximate surface area is 114 Å². The Hall–Kier alpha value is -1.04. The average Bonchev–Trinajstić information content (AvgIpc) is 2.75. The Balaban J connectivity index is 1.99. The lowest BCUT2D eigenvalue weighted by Crippen LogP contribution is -2.18. The maximum Gasteiger partial charge on any atom is 0.141 e. The summed E-state index contributed by atoms with van der Waals surface area (Å²) in [6.07, 6.45) is 0. The molecule has 1 unspecified atom stereocenters. The molecule has 1 aromatic carbocycles. The molecule has 1 heterocycles. The molecule has 2 rings (SSSR count). The first-order chi connectivity index (χ1) is 8.56. The van der Waals surface area contributed by atoms with Gasteiger partial charge in [0.1, 0.15) is 15.8 Å². The van der Waals surface area contributed by atoms with Crippen LogP contribution in [0.4, 0.5) is 4.39 Å². The molecule has 6 heteroatoms. The highest BCUT2D eigenvalue weighted by atomic mass is 35.5. The fourth-order valence-electron chi connectivity index (χ4n) is 1.55. The first-order valence-electron chi connectivity index (χ1n) is 5.53. The van der Waals surface area contributed by atoms with Gasteiger partial charge in [0.15, 0.2) is 0 Å². The van der Waals surface area contributed by atoms with Crippen molar-refractivity contribution in [3.63, 3.8) is 0 Å². The fraction of sp³-hybridized carbons (Fsp3) is 0.333. The van der Waals surface area contributed by atoms with Crippen molar-refractivity contribution in [2.75, 3.05) is 0 Å². The molecule has 0 saturated carbocycles. The van der Waals surface area contributed by atoms with Crippen LogP contribution in [-0.4, -0.2) is 10.2 Å². The van der Waals surface area contributed by atoms with Crippen molar-refractivity contribution >= 4 is 22.9 Å². The standard InChI is InChI=1S/C12H13ClFN3S/c1-7(9-3-4-11(14)10(13)5-9)15-6-12-17-16-8(2)18-12/h3-5,7,15H,6H2,1-2H3.